The average Bonchev–Trinajstić information content (AvgIpc) is 3.09. The molecule has 288 valence electrons. The molecular weight excluding hydrogens is 651 g/mol. The third kappa shape index (κ3) is 35.6. The van der Waals surface area contributed by atoms with Crippen LogP contribution in [0.2, 0.25) is 0 Å². The van der Waals surface area contributed by atoms with Crippen LogP contribution in [0.4, 0.5) is 0 Å². The van der Waals surface area contributed by atoms with Gasteiger partial charge in [0, 0.05) is 12.8 Å². The number of esters is 2. The van der Waals surface area contributed by atoms with E-state index in [1.165, 1.54) is 44.9 Å². The van der Waals surface area contributed by atoms with Crippen molar-refractivity contribution in [2.75, 3.05) is 19.8 Å². The molecule has 0 saturated carbocycles. The summed E-state index contributed by atoms with van der Waals surface area (Å²) < 4.78 is 32.5. The Morgan fingerprint density at radius 3 is 1.56 bits per heavy atom. The van der Waals surface area contributed by atoms with Crippen LogP contribution in [0.25, 0.3) is 0 Å². The van der Waals surface area contributed by atoms with Gasteiger partial charge in [-0.05, 0) is 84.0 Å². The molecule has 0 heterocycles. The highest BCUT2D eigenvalue weighted by Crippen LogP contribution is 2.43. The van der Waals surface area contributed by atoms with E-state index in [0.717, 1.165) is 77.0 Å². The van der Waals surface area contributed by atoms with Gasteiger partial charge in [0.15, 0.2) is 6.10 Å². The second-order valence-electron chi connectivity index (χ2n) is 12.6. The van der Waals surface area contributed by atoms with E-state index in [4.69, 9.17) is 18.5 Å². The number of hydrogen-bond donors (Lipinski definition) is 1. The lowest BCUT2D eigenvalue weighted by Crippen LogP contribution is -2.29. The lowest BCUT2D eigenvalue weighted by atomic mass is 10.1. The van der Waals surface area contributed by atoms with E-state index < -0.39 is 26.5 Å². The molecule has 2 unspecified atom stereocenters. The topological polar surface area (TPSA) is 108 Å². The molecule has 9 heteroatoms. The van der Waals surface area contributed by atoms with E-state index in [1.54, 1.807) is 6.92 Å². The summed E-state index contributed by atoms with van der Waals surface area (Å²) in [5, 5.41) is 0. The van der Waals surface area contributed by atoms with Crippen LogP contribution in [0, 0.1) is 0 Å². The number of rotatable bonds is 35. The van der Waals surface area contributed by atoms with E-state index in [0.29, 0.717) is 6.42 Å². The predicted molar refractivity (Wildman–Crippen MR) is 207 cm³/mol. The van der Waals surface area contributed by atoms with Crippen LogP contribution in [0.3, 0.4) is 0 Å². The summed E-state index contributed by atoms with van der Waals surface area (Å²) in [7, 11) is -4.29. The van der Waals surface area contributed by atoms with Gasteiger partial charge < -0.3 is 14.4 Å². The Balaban J connectivity index is 4.18. The van der Waals surface area contributed by atoms with Crippen LogP contribution >= 0.6 is 7.82 Å². The predicted octanol–water partition coefficient (Wildman–Crippen LogP) is 12.0. The van der Waals surface area contributed by atoms with Crippen molar-refractivity contribution in [3.05, 3.63) is 60.8 Å². The van der Waals surface area contributed by atoms with Crippen molar-refractivity contribution in [2.45, 2.75) is 168 Å². The third-order valence-electron chi connectivity index (χ3n) is 7.81. The molecule has 0 aliphatic heterocycles. The molecule has 0 aliphatic rings. The third-order valence-corrected chi connectivity index (χ3v) is 8.87. The number of ether oxygens (including phenoxy) is 2. The van der Waals surface area contributed by atoms with Gasteiger partial charge in [0.25, 0.3) is 0 Å². The van der Waals surface area contributed by atoms with E-state index in [-0.39, 0.29) is 32.0 Å². The van der Waals surface area contributed by atoms with E-state index >= 15 is 0 Å². The van der Waals surface area contributed by atoms with Crippen molar-refractivity contribution < 1.29 is 37.6 Å². The lowest BCUT2D eigenvalue weighted by molar-refractivity contribution is -0.161. The van der Waals surface area contributed by atoms with Crippen LogP contribution in [-0.2, 0) is 32.7 Å². The summed E-state index contributed by atoms with van der Waals surface area (Å²) in [6, 6.07) is 0. The first-order valence-electron chi connectivity index (χ1n) is 19.6. The van der Waals surface area contributed by atoms with Crippen molar-refractivity contribution in [1.82, 2.24) is 0 Å². The largest absolute Gasteiger partial charge is 0.472 e. The average molecular weight is 723 g/mol. The number of phosphoric acid groups is 1. The fraction of sp³-hybridized carbons (Fsp3) is 0.707. The maximum Gasteiger partial charge on any atom is 0.472 e. The van der Waals surface area contributed by atoms with Crippen LogP contribution in [0.15, 0.2) is 60.8 Å². The Morgan fingerprint density at radius 2 is 1.02 bits per heavy atom. The van der Waals surface area contributed by atoms with E-state index in [1.807, 2.05) is 0 Å². The first-order chi connectivity index (χ1) is 24.3. The second kappa shape index (κ2) is 36.5. The Labute approximate surface area is 305 Å². The summed E-state index contributed by atoms with van der Waals surface area (Å²) in [6.45, 7) is 5.27. The van der Waals surface area contributed by atoms with Crippen molar-refractivity contribution in [1.29, 1.82) is 0 Å². The summed E-state index contributed by atoms with van der Waals surface area (Å²) in [5.74, 6) is -0.847. The maximum absolute atomic E-state index is 12.5. The first kappa shape index (κ1) is 47.8. The Kier molecular flexibility index (Phi) is 34.9. The molecule has 0 aromatic heterocycles. The highest BCUT2D eigenvalue weighted by Gasteiger charge is 2.25. The van der Waals surface area contributed by atoms with Crippen molar-refractivity contribution in [2.24, 2.45) is 0 Å². The smallest absolute Gasteiger partial charge is 0.462 e. The maximum atomic E-state index is 12.5. The van der Waals surface area contributed by atoms with Gasteiger partial charge in [0.05, 0.1) is 13.2 Å². The standard InChI is InChI=1S/C41H71O8P/c1-4-7-9-11-13-15-17-19-20-21-22-24-25-27-29-31-33-35-40(42)46-37-39(38-48-50(44,45)47-6-3)49-41(43)36-34-32-30-28-26-23-18-16-14-12-10-8-5-2/h8,10,13-16,19-20,23,26,39H,4-7,9,11-12,17-18,21-22,24-25,27-38H2,1-3H3,(H,44,45)/b10-8-,15-13-,16-14-,20-19-,26-23-. The zero-order valence-electron chi connectivity index (χ0n) is 31.8. The summed E-state index contributed by atoms with van der Waals surface area (Å²) in [4.78, 5) is 34.6. The molecule has 0 bridgehead atoms. The number of allylic oxidation sites excluding steroid dienone is 10. The van der Waals surface area contributed by atoms with Crippen LogP contribution < -0.4 is 0 Å². The number of hydrogen-bond acceptors (Lipinski definition) is 7. The van der Waals surface area contributed by atoms with Gasteiger partial charge in [-0.1, -0.05) is 126 Å². The van der Waals surface area contributed by atoms with E-state index in [9.17, 15) is 19.0 Å². The molecule has 0 rings (SSSR count). The zero-order chi connectivity index (χ0) is 36.8. The molecule has 8 nitrogen and oxygen atoms in total. The number of carbonyl (C=O) groups is 2. The Morgan fingerprint density at radius 1 is 0.560 bits per heavy atom. The van der Waals surface area contributed by atoms with Gasteiger partial charge in [0.2, 0.25) is 0 Å². The molecule has 50 heavy (non-hydrogen) atoms. The minimum absolute atomic E-state index is 0.00947. The van der Waals surface area contributed by atoms with Crippen LogP contribution in [0.5, 0.6) is 0 Å². The normalized spacial score (nSPS) is 14.1. The van der Waals surface area contributed by atoms with Gasteiger partial charge in [-0.15, -0.1) is 0 Å². The first-order valence-corrected chi connectivity index (χ1v) is 21.1. The molecule has 1 N–H and O–H groups in total. The fourth-order valence-corrected chi connectivity index (χ4v) is 5.72. The minimum Gasteiger partial charge on any atom is -0.462 e. The molecule has 0 amide bonds. The Bertz CT molecular complexity index is 1000. The van der Waals surface area contributed by atoms with Gasteiger partial charge in [-0.25, -0.2) is 4.57 Å². The van der Waals surface area contributed by atoms with Crippen LogP contribution in [0.1, 0.15) is 162 Å². The monoisotopic (exact) mass is 722 g/mol. The van der Waals surface area contributed by atoms with Gasteiger partial charge in [-0.3, -0.25) is 18.6 Å². The van der Waals surface area contributed by atoms with Crippen molar-refractivity contribution in [3.63, 3.8) is 0 Å². The lowest BCUT2D eigenvalue weighted by Gasteiger charge is -2.19. The second-order valence-corrected chi connectivity index (χ2v) is 14.0. The summed E-state index contributed by atoms with van der Waals surface area (Å²) in [5.41, 5.74) is 0. The summed E-state index contributed by atoms with van der Waals surface area (Å²) in [6.07, 6.45) is 42.7. The highest BCUT2D eigenvalue weighted by atomic mass is 31.2. The fourth-order valence-electron chi connectivity index (χ4n) is 4.97. The molecule has 0 fully saturated rings. The number of phosphoric ester groups is 1. The minimum atomic E-state index is -4.29. The van der Waals surface area contributed by atoms with Crippen molar-refractivity contribution in [3.8, 4) is 0 Å². The molecule has 0 radical (unpaired) electrons. The number of unbranched alkanes of at least 4 members (excludes halogenated alkanes) is 13. The van der Waals surface area contributed by atoms with E-state index in [2.05, 4.69) is 74.6 Å². The number of carbonyl (C=O) groups excluding carboxylic acids is 2. The molecule has 0 aromatic carbocycles. The quantitative estimate of drug-likeness (QED) is 0.0298. The Hall–Kier alpha value is -2.25. The molecule has 0 aromatic rings. The highest BCUT2D eigenvalue weighted by molar-refractivity contribution is 7.47. The van der Waals surface area contributed by atoms with Gasteiger partial charge in [0.1, 0.15) is 6.61 Å². The molecular formula is C41H71O8P. The van der Waals surface area contributed by atoms with Crippen LogP contribution in [-0.4, -0.2) is 42.8 Å². The van der Waals surface area contributed by atoms with Gasteiger partial charge in [-0.2, -0.15) is 0 Å². The zero-order valence-corrected chi connectivity index (χ0v) is 32.7. The van der Waals surface area contributed by atoms with Gasteiger partial charge >= 0.3 is 19.8 Å². The van der Waals surface area contributed by atoms with Crippen molar-refractivity contribution >= 4 is 19.8 Å². The molecule has 2 atom stereocenters. The SMILES string of the molecule is CC/C=C\C/C=C\C/C=C\CCCCCC(=O)OC(COC(=O)CCCCCCCCC/C=C\C/C=C\CCCCC)COP(=O)(O)OCC. The molecule has 0 aliphatic carbocycles. The summed E-state index contributed by atoms with van der Waals surface area (Å²) >= 11 is 0. The molecule has 0 saturated heterocycles. The molecule has 0 spiro atoms.